The molecule has 0 atom stereocenters. The third kappa shape index (κ3) is 12.4. The SMILES string of the molecule is O=C(O)CCC(=O)NCCOC(=O)CNC(=O)CCC(=O)O. The Balaban J connectivity index is 3.61. The first-order chi connectivity index (χ1) is 10.3. The van der Waals surface area contributed by atoms with Crippen molar-refractivity contribution in [2.45, 2.75) is 25.7 Å². The van der Waals surface area contributed by atoms with E-state index in [9.17, 15) is 24.0 Å². The van der Waals surface area contributed by atoms with Gasteiger partial charge in [-0.1, -0.05) is 0 Å². The molecule has 0 bridgehead atoms. The maximum atomic E-state index is 11.2. The van der Waals surface area contributed by atoms with E-state index in [1.165, 1.54) is 0 Å². The number of hydrogen-bond acceptors (Lipinski definition) is 6. The molecule has 0 rings (SSSR count). The first-order valence-electron chi connectivity index (χ1n) is 6.44. The van der Waals surface area contributed by atoms with Crippen LogP contribution in [-0.2, 0) is 28.7 Å². The molecule has 0 fully saturated rings. The molecule has 10 heteroatoms. The minimum absolute atomic E-state index is 0.0250. The molecule has 4 N–H and O–H groups in total. The van der Waals surface area contributed by atoms with E-state index < -0.39 is 36.3 Å². The number of carbonyl (C=O) groups excluding carboxylic acids is 3. The van der Waals surface area contributed by atoms with Gasteiger partial charge in [-0.15, -0.1) is 0 Å². The quantitative estimate of drug-likeness (QED) is 0.264. The minimum atomic E-state index is -1.11. The first-order valence-corrected chi connectivity index (χ1v) is 6.44. The summed E-state index contributed by atoms with van der Waals surface area (Å²) in [5.41, 5.74) is 0. The highest BCUT2D eigenvalue weighted by Gasteiger charge is 2.09. The van der Waals surface area contributed by atoms with Gasteiger partial charge in [-0.3, -0.25) is 24.0 Å². The molecule has 22 heavy (non-hydrogen) atoms. The third-order valence-corrected chi connectivity index (χ3v) is 2.25. The van der Waals surface area contributed by atoms with E-state index in [0.29, 0.717) is 0 Å². The fourth-order valence-electron chi connectivity index (χ4n) is 1.19. The fraction of sp³-hybridized carbons (Fsp3) is 0.583. The van der Waals surface area contributed by atoms with Gasteiger partial charge in [0.1, 0.15) is 13.2 Å². The van der Waals surface area contributed by atoms with Gasteiger partial charge in [-0.05, 0) is 0 Å². The number of carbonyl (C=O) groups is 5. The Labute approximate surface area is 125 Å². The zero-order valence-corrected chi connectivity index (χ0v) is 11.8. The summed E-state index contributed by atoms with van der Waals surface area (Å²) in [6.45, 7) is -0.495. The van der Waals surface area contributed by atoms with Crippen LogP contribution in [0.3, 0.4) is 0 Å². The molecule has 0 unspecified atom stereocenters. The second-order valence-electron chi connectivity index (χ2n) is 4.13. The van der Waals surface area contributed by atoms with E-state index in [4.69, 9.17) is 14.9 Å². The lowest BCUT2D eigenvalue weighted by Crippen LogP contribution is -2.33. The second-order valence-corrected chi connectivity index (χ2v) is 4.13. The van der Waals surface area contributed by atoms with Crippen LogP contribution in [0.4, 0.5) is 0 Å². The van der Waals surface area contributed by atoms with Gasteiger partial charge in [0.05, 0.1) is 19.4 Å². The summed E-state index contributed by atoms with van der Waals surface area (Å²) in [4.78, 5) is 53.9. The third-order valence-electron chi connectivity index (χ3n) is 2.25. The summed E-state index contributed by atoms with van der Waals surface area (Å²) in [6.07, 6.45) is -1.01. The number of ether oxygens (including phenoxy) is 1. The van der Waals surface area contributed by atoms with Crippen LogP contribution in [0.25, 0.3) is 0 Å². The lowest BCUT2D eigenvalue weighted by atomic mass is 10.3. The highest BCUT2D eigenvalue weighted by atomic mass is 16.5. The molecule has 0 aromatic rings. The second kappa shape index (κ2) is 11.1. The Morgan fingerprint density at radius 2 is 1.27 bits per heavy atom. The number of esters is 1. The molecular weight excluding hydrogens is 300 g/mol. The highest BCUT2D eigenvalue weighted by Crippen LogP contribution is 1.89. The molecular formula is C12H18N2O8. The Morgan fingerprint density at radius 3 is 1.77 bits per heavy atom. The van der Waals surface area contributed by atoms with Crippen LogP contribution in [0.5, 0.6) is 0 Å². The van der Waals surface area contributed by atoms with Crippen LogP contribution < -0.4 is 10.6 Å². The van der Waals surface area contributed by atoms with Crippen molar-refractivity contribution in [3.05, 3.63) is 0 Å². The molecule has 0 aliphatic carbocycles. The molecule has 10 nitrogen and oxygen atoms in total. The van der Waals surface area contributed by atoms with Crippen molar-refractivity contribution >= 4 is 29.7 Å². The van der Waals surface area contributed by atoms with Crippen LogP contribution in [0.15, 0.2) is 0 Å². The standard InChI is InChI=1S/C12H18N2O8/c15-8(1-3-10(17)18)13-5-6-22-12(21)7-14-9(16)2-4-11(19)20/h1-7H2,(H,13,15)(H,14,16)(H,17,18)(H,19,20). The number of carboxylic acids is 2. The van der Waals surface area contributed by atoms with E-state index in [2.05, 4.69) is 10.6 Å². The predicted molar refractivity (Wildman–Crippen MR) is 70.7 cm³/mol. The van der Waals surface area contributed by atoms with Gasteiger partial charge in [0.25, 0.3) is 0 Å². The molecule has 0 spiro atoms. The normalized spacial score (nSPS) is 9.64. The van der Waals surface area contributed by atoms with E-state index in [-0.39, 0.29) is 38.8 Å². The van der Waals surface area contributed by atoms with Crippen molar-refractivity contribution in [2.24, 2.45) is 0 Å². The van der Waals surface area contributed by atoms with Crippen molar-refractivity contribution in [1.82, 2.24) is 10.6 Å². The summed E-state index contributed by atoms with van der Waals surface area (Å²) in [5, 5.41) is 21.3. The molecule has 0 aliphatic rings. The summed E-state index contributed by atoms with van der Waals surface area (Å²) in [5.74, 6) is -3.98. The Kier molecular flexibility index (Phi) is 9.73. The van der Waals surface area contributed by atoms with E-state index in [1.807, 2.05) is 0 Å². The predicted octanol–water partition coefficient (Wildman–Crippen LogP) is -1.51. The first kappa shape index (κ1) is 19.4. The van der Waals surface area contributed by atoms with E-state index in [0.717, 1.165) is 0 Å². The summed E-state index contributed by atoms with van der Waals surface area (Å²) in [6, 6.07) is 0. The van der Waals surface area contributed by atoms with E-state index >= 15 is 0 Å². The highest BCUT2D eigenvalue weighted by molar-refractivity contribution is 5.84. The molecule has 0 aromatic carbocycles. The number of hydrogen-bond donors (Lipinski definition) is 4. The van der Waals surface area contributed by atoms with Gasteiger partial charge < -0.3 is 25.6 Å². The number of rotatable bonds is 11. The lowest BCUT2D eigenvalue weighted by molar-refractivity contribution is -0.144. The monoisotopic (exact) mass is 318 g/mol. The van der Waals surface area contributed by atoms with E-state index in [1.54, 1.807) is 0 Å². The van der Waals surface area contributed by atoms with Crippen LogP contribution in [-0.4, -0.2) is 59.6 Å². The number of carboxylic acid groups (broad SMARTS) is 2. The minimum Gasteiger partial charge on any atom is -0.481 e. The average molecular weight is 318 g/mol. The topological polar surface area (TPSA) is 159 Å². The van der Waals surface area contributed by atoms with Crippen LogP contribution in [0.1, 0.15) is 25.7 Å². The van der Waals surface area contributed by atoms with Crippen molar-refractivity contribution in [2.75, 3.05) is 19.7 Å². The van der Waals surface area contributed by atoms with Crippen LogP contribution >= 0.6 is 0 Å². The Hall–Kier alpha value is -2.65. The molecule has 0 aromatic heterocycles. The summed E-state index contributed by atoms with van der Waals surface area (Å²) >= 11 is 0. The molecule has 0 radical (unpaired) electrons. The van der Waals surface area contributed by atoms with Crippen molar-refractivity contribution < 1.29 is 38.9 Å². The lowest BCUT2D eigenvalue weighted by Gasteiger charge is -2.07. The maximum absolute atomic E-state index is 11.2. The molecule has 0 heterocycles. The largest absolute Gasteiger partial charge is 0.481 e. The fourth-order valence-corrected chi connectivity index (χ4v) is 1.19. The van der Waals surface area contributed by atoms with Gasteiger partial charge in [0, 0.05) is 12.8 Å². The van der Waals surface area contributed by atoms with Crippen LogP contribution in [0, 0.1) is 0 Å². The van der Waals surface area contributed by atoms with Gasteiger partial charge >= 0.3 is 17.9 Å². The number of nitrogens with one attached hydrogen (secondary N) is 2. The van der Waals surface area contributed by atoms with Gasteiger partial charge in [0.2, 0.25) is 11.8 Å². The zero-order chi connectivity index (χ0) is 17.0. The Morgan fingerprint density at radius 1 is 0.773 bits per heavy atom. The number of aliphatic carboxylic acids is 2. The Bertz CT molecular complexity index is 435. The molecule has 0 saturated carbocycles. The smallest absolute Gasteiger partial charge is 0.325 e. The summed E-state index contributed by atoms with van der Waals surface area (Å²) in [7, 11) is 0. The molecule has 2 amide bonds. The zero-order valence-electron chi connectivity index (χ0n) is 11.8. The van der Waals surface area contributed by atoms with Crippen molar-refractivity contribution in [3.63, 3.8) is 0 Å². The molecule has 0 aliphatic heterocycles. The summed E-state index contributed by atoms with van der Waals surface area (Å²) < 4.78 is 4.69. The van der Waals surface area contributed by atoms with Crippen LogP contribution in [0.2, 0.25) is 0 Å². The van der Waals surface area contributed by atoms with Gasteiger partial charge in [0.15, 0.2) is 0 Å². The van der Waals surface area contributed by atoms with Crippen molar-refractivity contribution in [3.8, 4) is 0 Å². The van der Waals surface area contributed by atoms with Gasteiger partial charge in [-0.2, -0.15) is 0 Å². The molecule has 0 saturated heterocycles. The number of amides is 2. The average Bonchev–Trinajstić information content (AvgIpc) is 2.45. The maximum Gasteiger partial charge on any atom is 0.325 e. The van der Waals surface area contributed by atoms with Gasteiger partial charge in [-0.25, -0.2) is 0 Å². The molecule has 124 valence electrons. The van der Waals surface area contributed by atoms with Crippen molar-refractivity contribution in [1.29, 1.82) is 0 Å².